The number of nitrogens with one attached hydrogen (secondary N) is 2. The largest absolute Gasteiger partial charge is 0.468 e. The van der Waals surface area contributed by atoms with Crippen molar-refractivity contribution in [3.63, 3.8) is 0 Å². The van der Waals surface area contributed by atoms with Gasteiger partial charge in [-0.25, -0.2) is 4.79 Å². The molecule has 1 aromatic heterocycles. The highest BCUT2D eigenvalue weighted by Crippen LogP contribution is 2.10. The Hall–Kier alpha value is -2.16. The van der Waals surface area contributed by atoms with Crippen LogP contribution in [-0.2, 0) is 27.4 Å². The van der Waals surface area contributed by atoms with Gasteiger partial charge in [-0.15, -0.1) is 5.10 Å². The minimum absolute atomic E-state index is 0.101. The molecule has 1 aromatic rings. The molecule has 23 heavy (non-hydrogen) atoms. The molecule has 1 aliphatic rings. The maximum atomic E-state index is 11.7. The number of alkyl carbamates (subject to hydrolysis) is 1. The highest BCUT2D eigenvalue weighted by molar-refractivity contribution is 5.75. The Bertz CT molecular complexity index is 559. The van der Waals surface area contributed by atoms with Crippen LogP contribution in [0, 0.1) is 5.92 Å². The summed E-state index contributed by atoms with van der Waals surface area (Å²) in [5, 5.41) is 13.9. The number of aromatic nitrogens is 3. The molecule has 0 aliphatic carbocycles. The predicted octanol–water partition coefficient (Wildman–Crippen LogP) is 0.0622. The summed E-state index contributed by atoms with van der Waals surface area (Å²) in [4.78, 5) is 22.9. The van der Waals surface area contributed by atoms with E-state index in [4.69, 9.17) is 9.47 Å². The lowest BCUT2D eigenvalue weighted by molar-refractivity contribution is -0.144. The van der Waals surface area contributed by atoms with Crippen LogP contribution in [0.5, 0.6) is 0 Å². The molecule has 2 heterocycles. The lowest BCUT2D eigenvalue weighted by Crippen LogP contribution is -2.41. The summed E-state index contributed by atoms with van der Waals surface area (Å²) in [6, 6.07) is -0.531. The average Bonchev–Trinajstić information content (AvgIpc) is 3.05. The Labute approximate surface area is 134 Å². The smallest absolute Gasteiger partial charge is 0.407 e. The monoisotopic (exact) mass is 325 g/mol. The van der Waals surface area contributed by atoms with Gasteiger partial charge in [-0.2, -0.15) is 0 Å². The number of amides is 1. The number of carbonyl (C=O) groups excluding carboxylic acids is 2. The Morgan fingerprint density at radius 1 is 1.57 bits per heavy atom. The molecule has 1 amide bonds. The molecular formula is C14H23N5O4. The lowest BCUT2D eigenvalue weighted by atomic mass is 10.0. The van der Waals surface area contributed by atoms with Gasteiger partial charge in [-0.3, -0.25) is 14.8 Å². The second-order valence-electron chi connectivity index (χ2n) is 5.92. The quantitative estimate of drug-likeness (QED) is 0.683. The molecule has 1 aliphatic heterocycles. The summed E-state index contributed by atoms with van der Waals surface area (Å²) in [7, 11) is 1.37. The van der Waals surface area contributed by atoms with Crippen LogP contribution in [0.1, 0.15) is 26.5 Å². The maximum Gasteiger partial charge on any atom is 0.407 e. The highest BCUT2D eigenvalue weighted by atomic mass is 16.6. The average molecular weight is 325 g/mol. The first-order chi connectivity index (χ1) is 10.9. The van der Waals surface area contributed by atoms with E-state index >= 15 is 0 Å². The van der Waals surface area contributed by atoms with Gasteiger partial charge >= 0.3 is 12.1 Å². The van der Waals surface area contributed by atoms with E-state index in [-0.39, 0.29) is 24.0 Å². The van der Waals surface area contributed by atoms with Gasteiger partial charge < -0.3 is 14.8 Å². The fraction of sp³-hybridized carbons (Fsp3) is 0.714. The van der Waals surface area contributed by atoms with E-state index < -0.39 is 12.1 Å². The Morgan fingerprint density at radius 2 is 2.30 bits per heavy atom. The molecule has 2 rings (SSSR count). The number of rotatable bonds is 7. The number of nitrogens with zero attached hydrogens (tertiary/aromatic N) is 3. The molecular weight excluding hydrogens is 302 g/mol. The molecule has 1 fully saturated rings. The fourth-order valence-electron chi connectivity index (χ4n) is 2.39. The molecule has 0 saturated carbocycles. The molecule has 0 bridgehead atoms. The van der Waals surface area contributed by atoms with E-state index in [1.165, 1.54) is 7.11 Å². The number of esters is 1. The van der Waals surface area contributed by atoms with Gasteiger partial charge in [0, 0.05) is 12.7 Å². The summed E-state index contributed by atoms with van der Waals surface area (Å²) in [6.07, 6.45) is 1.15. The van der Waals surface area contributed by atoms with Gasteiger partial charge in [0.2, 0.25) is 0 Å². The summed E-state index contributed by atoms with van der Waals surface area (Å²) in [6.45, 7) is 6.59. The molecule has 128 valence electrons. The van der Waals surface area contributed by atoms with Crippen molar-refractivity contribution in [3.05, 3.63) is 11.9 Å². The maximum absolute atomic E-state index is 11.7. The Balaban J connectivity index is 1.89. The molecule has 0 spiro atoms. The number of hydrogen-bond donors (Lipinski definition) is 2. The molecule has 0 aromatic carbocycles. The predicted molar refractivity (Wildman–Crippen MR) is 80.4 cm³/mol. The topological polar surface area (TPSA) is 107 Å². The minimum Gasteiger partial charge on any atom is -0.468 e. The second kappa shape index (κ2) is 7.40. The van der Waals surface area contributed by atoms with E-state index in [2.05, 4.69) is 20.9 Å². The minimum atomic E-state index is -0.414. The first kappa shape index (κ1) is 17.2. The lowest BCUT2D eigenvalue weighted by Gasteiger charge is -2.18. The zero-order chi connectivity index (χ0) is 17.0. The van der Waals surface area contributed by atoms with E-state index in [1.54, 1.807) is 10.9 Å². The van der Waals surface area contributed by atoms with Crippen molar-refractivity contribution in [2.45, 2.75) is 52.0 Å². The first-order valence-corrected chi connectivity index (χ1v) is 7.58. The second-order valence-corrected chi connectivity index (χ2v) is 5.92. The summed E-state index contributed by atoms with van der Waals surface area (Å²) < 4.78 is 11.5. The van der Waals surface area contributed by atoms with Crippen LogP contribution in [0.4, 0.5) is 4.79 Å². The van der Waals surface area contributed by atoms with Crippen molar-refractivity contribution in [1.29, 1.82) is 0 Å². The molecule has 9 heteroatoms. The normalized spacial score (nSPS) is 21.9. The van der Waals surface area contributed by atoms with Crippen molar-refractivity contribution in [2.75, 3.05) is 7.11 Å². The van der Waals surface area contributed by atoms with Gasteiger partial charge in [0.25, 0.3) is 0 Å². The third-order valence-corrected chi connectivity index (χ3v) is 3.76. The molecule has 1 saturated heterocycles. The zero-order valence-electron chi connectivity index (χ0n) is 13.8. The van der Waals surface area contributed by atoms with Crippen LogP contribution >= 0.6 is 0 Å². The first-order valence-electron chi connectivity index (χ1n) is 7.58. The molecule has 9 nitrogen and oxygen atoms in total. The third kappa shape index (κ3) is 4.41. The van der Waals surface area contributed by atoms with Crippen molar-refractivity contribution < 1.29 is 19.1 Å². The van der Waals surface area contributed by atoms with Crippen LogP contribution in [0.2, 0.25) is 0 Å². The van der Waals surface area contributed by atoms with Gasteiger partial charge in [-0.1, -0.05) is 19.1 Å². The van der Waals surface area contributed by atoms with Crippen molar-refractivity contribution in [3.8, 4) is 0 Å². The van der Waals surface area contributed by atoms with Crippen LogP contribution in [0.15, 0.2) is 6.20 Å². The molecule has 2 N–H and O–H groups in total. The summed E-state index contributed by atoms with van der Waals surface area (Å²) >= 11 is 0. The molecule has 3 atom stereocenters. The number of hydrogen-bond acceptors (Lipinski definition) is 7. The van der Waals surface area contributed by atoms with E-state index in [9.17, 15) is 9.59 Å². The van der Waals surface area contributed by atoms with Crippen LogP contribution in [0.25, 0.3) is 0 Å². The van der Waals surface area contributed by atoms with Gasteiger partial charge in [-0.05, 0) is 12.8 Å². The molecule has 0 unspecified atom stereocenters. The van der Waals surface area contributed by atoms with E-state index in [0.29, 0.717) is 18.8 Å². The van der Waals surface area contributed by atoms with E-state index in [0.717, 1.165) is 0 Å². The Kier molecular flexibility index (Phi) is 5.54. The van der Waals surface area contributed by atoms with Gasteiger partial charge in [0.15, 0.2) is 0 Å². The summed E-state index contributed by atoms with van der Waals surface area (Å²) in [5.41, 5.74) is 0.706. The number of cyclic esters (lactones) is 1. The van der Waals surface area contributed by atoms with Crippen molar-refractivity contribution >= 4 is 12.1 Å². The SMILES string of the molecule is COC(=O)[C@H](NCc1cn(C[C@H]2NC(=O)O[C@@H]2C)nn1)C(C)C. The van der Waals surface area contributed by atoms with E-state index in [1.807, 2.05) is 20.8 Å². The van der Waals surface area contributed by atoms with Gasteiger partial charge in [0.05, 0.1) is 25.4 Å². The number of methoxy groups -OCH3 is 1. The summed E-state index contributed by atoms with van der Waals surface area (Å²) in [5.74, 6) is -0.198. The van der Waals surface area contributed by atoms with Crippen LogP contribution in [0.3, 0.4) is 0 Å². The van der Waals surface area contributed by atoms with Crippen molar-refractivity contribution in [1.82, 2.24) is 25.6 Å². The highest BCUT2D eigenvalue weighted by Gasteiger charge is 2.31. The number of carbonyl (C=O) groups is 2. The Morgan fingerprint density at radius 3 is 2.87 bits per heavy atom. The fourth-order valence-corrected chi connectivity index (χ4v) is 2.39. The van der Waals surface area contributed by atoms with Gasteiger partial charge in [0.1, 0.15) is 12.1 Å². The number of ether oxygens (including phenoxy) is 2. The molecule has 0 radical (unpaired) electrons. The van der Waals surface area contributed by atoms with Crippen molar-refractivity contribution in [2.24, 2.45) is 5.92 Å². The third-order valence-electron chi connectivity index (χ3n) is 3.76. The van der Waals surface area contributed by atoms with Crippen LogP contribution in [-0.4, -0.2) is 52.4 Å². The zero-order valence-corrected chi connectivity index (χ0v) is 13.8. The standard InChI is InChI=1S/C14H23N5O4/c1-8(2)12(13(20)22-4)15-5-10-6-19(18-17-10)7-11-9(3)23-14(21)16-11/h6,8-9,11-12,15H,5,7H2,1-4H3,(H,16,21)/t9-,11-,12-/m1/s1. The van der Waals surface area contributed by atoms with Crippen LogP contribution < -0.4 is 10.6 Å².